The molecule has 2 heteroatoms. The molecule has 0 radical (unpaired) electrons. The summed E-state index contributed by atoms with van der Waals surface area (Å²) in [6.45, 7) is 9.11. The Morgan fingerprint density at radius 1 is 1.11 bits per heavy atom. The van der Waals surface area contributed by atoms with Gasteiger partial charge in [-0.05, 0) is 64.5 Å². The summed E-state index contributed by atoms with van der Waals surface area (Å²) in [6, 6.07) is 6.25. The third-order valence-electron chi connectivity index (χ3n) is 4.16. The summed E-state index contributed by atoms with van der Waals surface area (Å²) in [7, 11) is 0. The number of carbonyl (C=O) groups is 1. The van der Waals surface area contributed by atoms with Crippen molar-refractivity contribution in [2.75, 3.05) is 0 Å². The molecule has 0 amide bonds. The van der Waals surface area contributed by atoms with Crippen LogP contribution in [0.3, 0.4) is 0 Å². The molecular weight excluding hydrogens is 256 g/mol. The highest BCUT2D eigenvalue weighted by Crippen LogP contribution is 2.45. The van der Waals surface area contributed by atoms with E-state index in [9.17, 15) is 4.79 Å². The van der Waals surface area contributed by atoms with E-state index < -0.39 is 5.24 Å². The molecule has 0 atom stereocenters. The fourth-order valence-electron chi connectivity index (χ4n) is 2.79. The second-order valence-electron chi connectivity index (χ2n) is 6.55. The van der Waals surface area contributed by atoms with Crippen molar-refractivity contribution in [3.05, 3.63) is 34.9 Å². The smallest absolute Gasteiger partial charge is 0.266 e. The number of hydrogen-bond donors (Lipinski definition) is 0. The van der Waals surface area contributed by atoms with E-state index in [1.165, 1.54) is 17.5 Å². The van der Waals surface area contributed by atoms with Crippen molar-refractivity contribution < 1.29 is 4.79 Å². The molecule has 0 spiro atoms. The zero-order valence-electron chi connectivity index (χ0n) is 11.9. The minimum absolute atomic E-state index is 0.160. The van der Waals surface area contributed by atoms with Crippen LogP contribution >= 0.6 is 11.6 Å². The van der Waals surface area contributed by atoms with Crippen molar-refractivity contribution in [1.29, 1.82) is 0 Å². The molecule has 1 aliphatic carbocycles. The highest BCUT2D eigenvalue weighted by Gasteiger charge is 2.36. The Balaban J connectivity index is 2.54. The maximum Gasteiger partial charge on any atom is 0.296 e. The van der Waals surface area contributed by atoms with E-state index in [1.54, 1.807) is 0 Å². The monoisotopic (exact) mass is 274 g/mol. The first-order chi connectivity index (χ1) is 8.72. The SMILES string of the molecule is CC1(C)CCC(C)(C)c2cc(C#CC(=O)Cl)ccc21. The first-order valence-electron chi connectivity index (χ1n) is 6.59. The number of hydrogen-bond acceptors (Lipinski definition) is 1. The van der Waals surface area contributed by atoms with Crippen molar-refractivity contribution in [2.24, 2.45) is 0 Å². The van der Waals surface area contributed by atoms with Crippen molar-refractivity contribution in [2.45, 2.75) is 51.4 Å². The van der Waals surface area contributed by atoms with Crippen molar-refractivity contribution in [1.82, 2.24) is 0 Å². The van der Waals surface area contributed by atoms with Gasteiger partial charge in [-0.3, -0.25) is 4.79 Å². The van der Waals surface area contributed by atoms with E-state index in [4.69, 9.17) is 11.6 Å². The largest absolute Gasteiger partial charge is 0.296 e. The molecule has 19 heavy (non-hydrogen) atoms. The Morgan fingerprint density at radius 2 is 1.68 bits per heavy atom. The van der Waals surface area contributed by atoms with E-state index in [-0.39, 0.29) is 10.8 Å². The van der Waals surface area contributed by atoms with Crippen LogP contribution in [0.1, 0.15) is 57.2 Å². The Kier molecular flexibility index (Phi) is 3.49. The first-order valence-corrected chi connectivity index (χ1v) is 6.97. The van der Waals surface area contributed by atoms with Gasteiger partial charge < -0.3 is 0 Å². The summed E-state index contributed by atoms with van der Waals surface area (Å²) in [5, 5.41) is -0.614. The highest BCUT2D eigenvalue weighted by molar-refractivity contribution is 6.68. The van der Waals surface area contributed by atoms with Crippen molar-refractivity contribution in [3.63, 3.8) is 0 Å². The van der Waals surface area contributed by atoms with Gasteiger partial charge in [0.05, 0.1) is 0 Å². The lowest BCUT2D eigenvalue weighted by molar-refractivity contribution is -0.107. The average Bonchev–Trinajstić information content (AvgIpc) is 2.32. The quantitative estimate of drug-likeness (QED) is 0.513. The minimum atomic E-state index is -0.614. The lowest BCUT2D eigenvalue weighted by Crippen LogP contribution is -2.33. The molecule has 1 aromatic rings. The molecule has 0 saturated heterocycles. The van der Waals surface area contributed by atoms with Crippen LogP contribution in [0.2, 0.25) is 0 Å². The first kappa shape index (κ1) is 14.2. The molecule has 1 nitrogen and oxygen atoms in total. The molecular formula is C17H19ClO. The summed E-state index contributed by atoms with van der Waals surface area (Å²) < 4.78 is 0. The lowest BCUT2D eigenvalue weighted by Gasteiger charge is -2.41. The summed E-state index contributed by atoms with van der Waals surface area (Å²) in [5.41, 5.74) is 3.97. The maximum absolute atomic E-state index is 10.7. The Hall–Kier alpha value is -1.26. The van der Waals surface area contributed by atoms with E-state index in [1.807, 2.05) is 6.07 Å². The molecule has 0 unspecified atom stereocenters. The number of rotatable bonds is 0. The Bertz CT molecular complexity index is 585. The second kappa shape index (κ2) is 4.69. The lowest BCUT2D eigenvalue weighted by atomic mass is 9.63. The summed E-state index contributed by atoms with van der Waals surface area (Å²) in [4.78, 5) is 10.7. The summed E-state index contributed by atoms with van der Waals surface area (Å²) in [5.74, 6) is 5.22. The van der Waals surface area contributed by atoms with Crippen LogP contribution in [0.25, 0.3) is 0 Å². The van der Waals surface area contributed by atoms with Gasteiger partial charge >= 0.3 is 0 Å². The number of benzene rings is 1. The van der Waals surface area contributed by atoms with E-state index in [0.717, 1.165) is 12.0 Å². The van der Waals surface area contributed by atoms with Gasteiger partial charge in [0.25, 0.3) is 5.24 Å². The summed E-state index contributed by atoms with van der Waals surface area (Å²) in [6.07, 6.45) is 2.36. The maximum atomic E-state index is 10.7. The predicted octanol–water partition coefficient (Wildman–Crippen LogP) is 4.15. The topological polar surface area (TPSA) is 17.1 Å². The number of fused-ring (bicyclic) bond motifs is 1. The molecule has 0 aliphatic heterocycles. The van der Waals surface area contributed by atoms with Crippen LogP contribution in [0, 0.1) is 11.8 Å². The van der Waals surface area contributed by atoms with Gasteiger partial charge in [0.15, 0.2) is 0 Å². The molecule has 0 aromatic heterocycles. The predicted molar refractivity (Wildman–Crippen MR) is 79.5 cm³/mol. The Labute approximate surface area is 120 Å². The van der Waals surface area contributed by atoms with Crippen LogP contribution in [0.15, 0.2) is 18.2 Å². The van der Waals surface area contributed by atoms with Crippen LogP contribution in [-0.2, 0) is 15.6 Å². The third-order valence-corrected chi connectivity index (χ3v) is 4.25. The number of carbonyl (C=O) groups excluding carboxylic acids is 1. The molecule has 100 valence electrons. The minimum Gasteiger partial charge on any atom is -0.266 e. The molecule has 0 fully saturated rings. The normalized spacial score (nSPS) is 19.0. The third kappa shape index (κ3) is 2.85. The van der Waals surface area contributed by atoms with Crippen molar-refractivity contribution >= 4 is 16.8 Å². The second-order valence-corrected chi connectivity index (χ2v) is 6.90. The molecule has 0 bridgehead atoms. The Morgan fingerprint density at radius 3 is 2.26 bits per heavy atom. The van der Waals surface area contributed by atoms with Gasteiger partial charge in [-0.25, -0.2) is 0 Å². The van der Waals surface area contributed by atoms with Crippen LogP contribution in [-0.4, -0.2) is 5.24 Å². The van der Waals surface area contributed by atoms with E-state index >= 15 is 0 Å². The molecule has 0 N–H and O–H groups in total. The molecule has 0 saturated carbocycles. The average molecular weight is 275 g/mol. The van der Waals surface area contributed by atoms with Gasteiger partial charge in [0.1, 0.15) is 0 Å². The van der Waals surface area contributed by atoms with E-state index in [2.05, 4.69) is 51.7 Å². The highest BCUT2D eigenvalue weighted by atomic mass is 35.5. The molecule has 1 aromatic carbocycles. The zero-order valence-corrected chi connectivity index (χ0v) is 12.7. The number of halogens is 1. The molecule has 0 heterocycles. The van der Waals surface area contributed by atoms with Gasteiger partial charge in [0.2, 0.25) is 0 Å². The summed E-state index contributed by atoms with van der Waals surface area (Å²) >= 11 is 5.26. The fraction of sp³-hybridized carbons (Fsp3) is 0.471. The van der Waals surface area contributed by atoms with Crippen LogP contribution in [0.5, 0.6) is 0 Å². The molecule has 1 aliphatic rings. The van der Waals surface area contributed by atoms with Gasteiger partial charge in [-0.1, -0.05) is 39.7 Å². The van der Waals surface area contributed by atoms with Gasteiger partial charge in [-0.15, -0.1) is 0 Å². The standard InChI is InChI=1S/C17H19ClO/c1-16(2)9-10-17(3,4)14-11-12(5-7-13(14)16)6-8-15(18)19/h5,7,11H,9-10H2,1-4H3. The van der Waals surface area contributed by atoms with Crippen LogP contribution < -0.4 is 0 Å². The molecule has 2 rings (SSSR count). The van der Waals surface area contributed by atoms with Gasteiger partial charge in [-0.2, -0.15) is 0 Å². The van der Waals surface area contributed by atoms with Crippen molar-refractivity contribution in [3.8, 4) is 11.8 Å². The zero-order chi connectivity index (χ0) is 14.3. The van der Waals surface area contributed by atoms with E-state index in [0.29, 0.717) is 0 Å². The fourth-order valence-corrected chi connectivity index (χ4v) is 2.83. The van der Waals surface area contributed by atoms with Gasteiger partial charge in [0, 0.05) is 5.56 Å². The van der Waals surface area contributed by atoms with Crippen LogP contribution in [0.4, 0.5) is 0 Å².